The summed E-state index contributed by atoms with van der Waals surface area (Å²) < 4.78 is 0. The smallest absolute Gasteiger partial charge is 0.227 e. The minimum atomic E-state index is -0.0733. The molecule has 1 atom stereocenters. The van der Waals surface area contributed by atoms with Crippen molar-refractivity contribution in [3.63, 3.8) is 0 Å². The fourth-order valence-corrected chi connectivity index (χ4v) is 1.52. The predicted octanol–water partition coefficient (Wildman–Crippen LogP) is 1.52. The first-order chi connectivity index (χ1) is 7.75. The van der Waals surface area contributed by atoms with Crippen molar-refractivity contribution in [2.24, 2.45) is 0 Å². The summed E-state index contributed by atoms with van der Waals surface area (Å²) in [6, 6.07) is 9.84. The molecular formula is C13H20N2O. The van der Waals surface area contributed by atoms with Crippen LogP contribution in [-0.4, -0.2) is 26.0 Å². The van der Waals surface area contributed by atoms with E-state index in [1.807, 2.05) is 44.3 Å². The monoisotopic (exact) mass is 220 g/mol. The van der Waals surface area contributed by atoms with E-state index in [0.717, 1.165) is 25.1 Å². The standard InChI is InChI=1S/C13H20N2O/c1-11(12-7-4-3-5-8-12)13(16)15-10-6-9-14-2/h3-5,7-8,11,14H,6,9-10H2,1-2H3,(H,15,16). The number of benzene rings is 1. The number of hydrogen-bond acceptors (Lipinski definition) is 2. The molecule has 1 rings (SSSR count). The number of nitrogens with one attached hydrogen (secondary N) is 2. The molecule has 0 aliphatic carbocycles. The quantitative estimate of drug-likeness (QED) is 0.714. The Bertz CT molecular complexity index is 311. The number of rotatable bonds is 6. The van der Waals surface area contributed by atoms with Gasteiger partial charge in [-0.15, -0.1) is 0 Å². The van der Waals surface area contributed by atoms with Gasteiger partial charge in [0.25, 0.3) is 0 Å². The molecule has 16 heavy (non-hydrogen) atoms. The molecule has 0 bridgehead atoms. The number of carbonyl (C=O) groups excluding carboxylic acids is 1. The second kappa shape index (κ2) is 7.01. The molecule has 0 radical (unpaired) electrons. The normalized spacial score (nSPS) is 12.1. The SMILES string of the molecule is CNCCCNC(=O)C(C)c1ccccc1. The summed E-state index contributed by atoms with van der Waals surface area (Å²) in [6.45, 7) is 3.60. The zero-order chi connectivity index (χ0) is 11.8. The molecule has 0 aliphatic heterocycles. The van der Waals surface area contributed by atoms with Crippen molar-refractivity contribution in [1.29, 1.82) is 0 Å². The van der Waals surface area contributed by atoms with Gasteiger partial charge in [0.1, 0.15) is 0 Å². The van der Waals surface area contributed by atoms with Gasteiger partial charge in [0.2, 0.25) is 5.91 Å². The Kier molecular flexibility index (Phi) is 5.57. The summed E-state index contributed by atoms with van der Waals surface area (Å²) in [7, 11) is 1.91. The van der Waals surface area contributed by atoms with Gasteiger partial charge < -0.3 is 10.6 Å². The average molecular weight is 220 g/mol. The third-order valence-electron chi connectivity index (χ3n) is 2.60. The summed E-state index contributed by atoms with van der Waals surface area (Å²) >= 11 is 0. The molecule has 1 unspecified atom stereocenters. The molecule has 1 amide bonds. The zero-order valence-corrected chi connectivity index (χ0v) is 9.99. The topological polar surface area (TPSA) is 41.1 Å². The van der Waals surface area contributed by atoms with Crippen LogP contribution in [0.1, 0.15) is 24.8 Å². The van der Waals surface area contributed by atoms with Gasteiger partial charge in [-0.1, -0.05) is 30.3 Å². The van der Waals surface area contributed by atoms with Gasteiger partial charge in [0, 0.05) is 6.54 Å². The van der Waals surface area contributed by atoms with Crippen molar-refractivity contribution in [1.82, 2.24) is 10.6 Å². The van der Waals surface area contributed by atoms with Crippen molar-refractivity contribution in [3.8, 4) is 0 Å². The van der Waals surface area contributed by atoms with Gasteiger partial charge in [-0.25, -0.2) is 0 Å². The third-order valence-corrected chi connectivity index (χ3v) is 2.60. The van der Waals surface area contributed by atoms with E-state index in [-0.39, 0.29) is 11.8 Å². The van der Waals surface area contributed by atoms with E-state index < -0.39 is 0 Å². The van der Waals surface area contributed by atoms with E-state index >= 15 is 0 Å². The summed E-state index contributed by atoms with van der Waals surface area (Å²) in [4.78, 5) is 11.8. The van der Waals surface area contributed by atoms with Gasteiger partial charge in [-0.2, -0.15) is 0 Å². The Hall–Kier alpha value is -1.35. The van der Waals surface area contributed by atoms with Gasteiger partial charge in [0.15, 0.2) is 0 Å². The first-order valence-electron chi connectivity index (χ1n) is 5.73. The molecule has 0 heterocycles. The molecule has 1 aromatic rings. The fourth-order valence-electron chi connectivity index (χ4n) is 1.52. The summed E-state index contributed by atoms with van der Waals surface area (Å²) in [5, 5.41) is 5.99. The highest BCUT2D eigenvalue weighted by molar-refractivity contribution is 5.83. The van der Waals surface area contributed by atoms with Crippen LogP contribution in [0.4, 0.5) is 0 Å². The third kappa shape index (κ3) is 4.03. The van der Waals surface area contributed by atoms with Crippen LogP contribution in [-0.2, 0) is 4.79 Å². The molecule has 0 saturated heterocycles. The summed E-state index contributed by atoms with van der Waals surface area (Å²) in [5.74, 6) is 0.0260. The van der Waals surface area contributed by atoms with Crippen LogP contribution in [0, 0.1) is 0 Å². The van der Waals surface area contributed by atoms with Crippen molar-refractivity contribution >= 4 is 5.91 Å². The Morgan fingerprint density at radius 1 is 1.25 bits per heavy atom. The summed E-state index contributed by atoms with van der Waals surface area (Å²) in [6.07, 6.45) is 0.962. The highest BCUT2D eigenvalue weighted by atomic mass is 16.1. The first kappa shape index (κ1) is 12.7. The van der Waals surface area contributed by atoms with E-state index in [9.17, 15) is 4.79 Å². The van der Waals surface area contributed by atoms with Crippen molar-refractivity contribution in [2.75, 3.05) is 20.1 Å². The van der Waals surface area contributed by atoms with E-state index in [2.05, 4.69) is 10.6 Å². The minimum absolute atomic E-state index is 0.0733. The molecule has 0 aliphatic rings. The lowest BCUT2D eigenvalue weighted by Crippen LogP contribution is -2.30. The van der Waals surface area contributed by atoms with Gasteiger partial charge in [-0.3, -0.25) is 4.79 Å². The molecule has 88 valence electrons. The first-order valence-corrected chi connectivity index (χ1v) is 5.73. The fraction of sp³-hybridized carbons (Fsp3) is 0.462. The molecule has 3 nitrogen and oxygen atoms in total. The molecule has 0 aromatic heterocycles. The highest BCUT2D eigenvalue weighted by Crippen LogP contribution is 2.13. The van der Waals surface area contributed by atoms with Crippen LogP contribution in [0.5, 0.6) is 0 Å². The van der Waals surface area contributed by atoms with Crippen LogP contribution in [0.3, 0.4) is 0 Å². The number of carbonyl (C=O) groups is 1. The van der Waals surface area contributed by atoms with Crippen LogP contribution in [0.2, 0.25) is 0 Å². The van der Waals surface area contributed by atoms with Gasteiger partial charge in [0.05, 0.1) is 5.92 Å². The van der Waals surface area contributed by atoms with Gasteiger partial charge in [-0.05, 0) is 32.5 Å². The van der Waals surface area contributed by atoms with Crippen LogP contribution in [0.15, 0.2) is 30.3 Å². The molecular weight excluding hydrogens is 200 g/mol. The molecule has 3 heteroatoms. The Balaban J connectivity index is 2.37. The summed E-state index contributed by atoms with van der Waals surface area (Å²) in [5.41, 5.74) is 1.06. The van der Waals surface area contributed by atoms with Crippen molar-refractivity contribution in [3.05, 3.63) is 35.9 Å². The van der Waals surface area contributed by atoms with Crippen molar-refractivity contribution < 1.29 is 4.79 Å². The lowest BCUT2D eigenvalue weighted by atomic mass is 10.0. The Labute approximate surface area is 97.2 Å². The highest BCUT2D eigenvalue weighted by Gasteiger charge is 2.13. The Morgan fingerprint density at radius 2 is 1.94 bits per heavy atom. The zero-order valence-electron chi connectivity index (χ0n) is 9.99. The molecule has 1 aromatic carbocycles. The van der Waals surface area contributed by atoms with E-state index in [0.29, 0.717) is 0 Å². The second-order valence-corrected chi connectivity index (χ2v) is 3.88. The maximum Gasteiger partial charge on any atom is 0.227 e. The largest absolute Gasteiger partial charge is 0.356 e. The molecule has 2 N–H and O–H groups in total. The van der Waals surface area contributed by atoms with Gasteiger partial charge >= 0.3 is 0 Å². The molecule has 0 saturated carbocycles. The molecule has 0 fully saturated rings. The Morgan fingerprint density at radius 3 is 2.56 bits per heavy atom. The lowest BCUT2D eigenvalue weighted by Gasteiger charge is -2.12. The van der Waals surface area contributed by atoms with E-state index in [1.165, 1.54) is 0 Å². The minimum Gasteiger partial charge on any atom is -0.356 e. The van der Waals surface area contributed by atoms with E-state index in [1.54, 1.807) is 0 Å². The average Bonchev–Trinajstić information content (AvgIpc) is 2.34. The van der Waals surface area contributed by atoms with E-state index in [4.69, 9.17) is 0 Å². The van der Waals surface area contributed by atoms with Crippen LogP contribution in [0.25, 0.3) is 0 Å². The lowest BCUT2D eigenvalue weighted by molar-refractivity contribution is -0.122. The maximum atomic E-state index is 11.8. The second-order valence-electron chi connectivity index (χ2n) is 3.88. The van der Waals surface area contributed by atoms with Crippen LogP contribution < -0.4 is 10.6 Å². The maximum absolute atomic E-state index is 11.8. The molecule has 0 spiro atoms. The predicted molar refractivity (Wildman–Crippen MR) is 66.4 cm³/mol. The number of hydrogen-bond donors (Lipinski definition) is 2. The van der Waals surface area contributed by atoms with Crippen molar-refractivity contribution in [2.45, 2.75) is 19.3 Å². The van der Waals surface area contributed by atoms with Crippen LogP contribution >= 0.6 is 0 Å². The number of amides is 1.